The summed E-state index contributed by atoms with van der Waals surface area (Å²) in [4.78, 5) is 19.8. The first-order chi connectivity index (χ1) is 14.1. The molecule has 0 radical (unpaired) electrons. The maximum absolute atomic E-state index is 12.8. The van der Waals surface area contributed by atoms with E-state index in [1.54, 1.807) is 12.1 Å². The zero-order valence-corrected chi connectivity index (χ0v) is 17.0. The number of benzene rings is 2. The Morgan fingerprint density at radius 1 is 1.24 bits per heavy atom. The number of aromatic nitrogens is 1. The largest absolute Gasteiger partial charge is 0.507 e. The molecular formula is C23H22N2O3S. The Morgan fingerprint density at radius 3 is 2.93 bits per heavy atom. The molecule has 1 aliphatic rings. The van der Waals surface area contributed by atoms with Crippen molar-refractivity contribution in [3.8, 4) is 16.3 Å². The van der Waals surface area contributed by atoms with E-state index in [0.29, 0.717) is 34.3 Å². The fourth-order valence-electron chi connectivity index (χ4n) is 4.12. The summed E-state index contributed by atoms with van der Waals surface area (Å²) in [5.41, 5.74) is 2.07. The molecule has 6 heteroatoms. The fourth-order valence-corrected chi connectivity index (χ4v) is 5.09. The van der Waals surface area contributed by atoms with Gasteiger partial charge in [0.15, 0.2) is 0 Å². The highest BCUT2D eigenvalue weighted by Crippen LogP contribution is 2.33. The van der Waals surface area contributed by atoms with Crippen LogP contribution in [0.15, 0.2) is 51.7 Å². The SMILES string of the molecule is C[C@@H]1CCCCN1Cc1c(O)ccc2cc(-c3nc4ccccc4s3)c(=O)oc12. The quantitative estimate of drug-likeness (QED) is 0.477. The molecule has 148 valence electrons. The lowest BCUT2D eigenvalue weighted by atomic mass is 10.0. The van der Waals surface area contributed by atoms with Crippen molar-refractivity contribution in [3.63, 3.8) is 0 Å². The van der Waals surface area contributed by atoms with Crippen LogP contribution in [0.5, 0.6) is 5.75 Å². The Bertz CT molecular complexity index is 1230. The summed E-state index contributed by atoms with van der Waals surface area (Å²) in [6, 6.07) is 13.6. The van der Waals surface area contributed by atoms with Crippen LogP contribution >= 0.6 is 11.3 Å². The number of likely N-dealkylation sites (tertiary alicyclic amines) is 1. The van der Waals surface area contributed by atoms with Crippen molar-refractivity contribution in [2.24, 2.45) is 0 Å². The number of para-hydroxylation sites is 1. The molecule has 5 rings (SSSR count). The molecule has 0 aliphatic carbocycles. The van der Waals surface area contributed by atoms with Crippen molar-refractivity contribution in [1.29, 1.82) is 0 Å². The zero-order valence-electron chi connectivity index (χ0n) is 16.2. The number of hydrogen-bond donors (Lipinski definition) is 1. The maximum Gasteiger partial charge on any atom is 0.346 e. The van der Waals surface area contributed by atoms with Gasteiger partial charge in [0.1, 0.15) is 16.3 Å². The number of piperidine rings is 1. The Balaban J connectivity index is 1.60. The molecule has 29 heavy (non-hydrogen) atoms. The summed E-state index contributed by atoms with van der Waals surface area (Å²) >= 11 is 1.48. The number of phenolic OH excluding ortho intramolecular Hbond substituents is 1. The molecule has 0 amide bonds. The lowest BCUT2D eigenvalue weighted by Gasteiger charge is -2.33. The second-order valence-electron chi connectivity index (χ2n) is 7.73. The Hall–Kier alpha value is -2.70. The van der Waals surface area contributed by atoms with E-state index < -0.39 is 5.63 Å². The van der Waals surface area contributed by atoms with E-state index in [1.807, 2.05) is 30.3 Å². The number of aromatic hydroxyl groups is 1. The van der Waals surface area contributed by atoms with Gasteiger partial charge in [-0.2, -0.15) is 0 Å². The Kier molecular flexibility index (Phi) is 4.60. The van der Waals surface area contributed by atoms with Gasteiger partial charge in [-0.25, -0.2) is 9.78 Å². The highest BCUT2D eigenvalue weighted by Gasteiger charge is 2.22. The average Bonchev–Trinajstić information content (AvgIpc) is 3.15. The van der Waals surface area contributed by atoms with Crippen LogP contribution in [0.25, 0.3) is 31.8 Å². The molecule has 1 aliphatic heterocycles. The lowest BCUT2D eigenvalue weighted by molar-refractivity contribution is 0.151. The minimum absolute atomic E-state index is 0.172. The molecule has 1 fully saturated rings. The van der Waals surface area contributed by atoms with Crippen molar-refractivity contribution in [3.05, 3.63) is 58.4 Å². The number of phenols is 1. The predicted molar refractivity (Wildman–Crippen MR) is 116 cm³/mol. The summed E-state index contributed by atoms with van der Waals surface area (Å²) in [5.74, 6) is 0.172. The number of thiazole rings is 1. The molecule has 4 aromatic rings. The van der Waals surface area contributed by atoms with E-state index in [4.69, 9.17) is 4.42 Å². The van der Waals surface area contributed by atoms with Gasteiger partial charge in [0.05, 0.1) is 21.3 Å². The second-order valence-corrected chi connectivity index (χ2v) is 8.76. The molecule has 2 aromatic carbocycles. The number of fused-ring (bicyclic) bond motifs is 2. The van der Waals surface area contributed by atoms with E-state index in [9.17, 15) is 9.90 Å². The molecule has 5 nitrogen and oxygen atoms in total. The third-order valence-electron chi connectivity index (χ3n) is 5.81. The minimum Gasteiger partial charge on any atom is -0.507 e. The highest BCUT2D eigenvalue weighted by atomic mass is 32.1. The van der Waals surface area contributed by atoms with Gasteiger partial charge < -0.3 is 9.52 Å². The normalized spacial score (nSPS) is 17.9. The standard InChI is InChI=1S/C23H22N2O3S/c1-14-6-4-5-11-25(14)13-17-19(26)10-9-15-12-16(23(27)28-21(15)17)22-24-18-7-2-3-8-20(18)29-22/h2-3,7-10,12,14,26H,4-6,11,13H2,1H3/t14-/m1/s1. The highest BCUT2D eigenvalue weighted by molar-refractivity contribution is 7.21. The first kappa shape index (κ1) is 18.3. The van der Waals surface area contributed by atoms with Crippen molar-refractivity contribution >= 4 is 32.5 Å². The van der Waals surface area contributed by atoms with Crippen molar-refractivity contribution in [1.82, 2.24) is 9.88 Å². The van der Waals surface area contributed by atoms with Gasteiger partial charge in [-0.1, -0.05) is 18.6 Å². The van der Waals surface area contributed by atoms with E-state index in [-0.39, 0.29) is 5.75 Å². The van der Waals surface area contributed by atoms with Gasteiger partial charge in [0.25, 0.3) is 0 Å². The topological polar surface area (TPSA) is 66.6 Å². The monoisotopic (exact) mass is 406 g/mol. The molecule has 0 bridgehead atoms. The van der Waals surface area contributed by atoms with Crippen LogP contribution < -0.4 is 5.63 Å². The molecule has 2 aromatic heterocycles. The summed E-state index contributed by atoms with van der Waals surface area (Å²) in [7, 11) is 0. The van der Waals surface area contributed by atoms with Gasteiger partial charge in [-0.3, -0.25) is 4.90 Å². The van der Waals surface area contributed by atoms with Crippen molar-refractivity contribution in [2.45, 2.75) is 38.8 Å². The summed E-state index contributed by atoms with van der Waals surface area (Å²) in [6.07, 6.45) is 3.54. The molecule has 0 saturated carbocycles. The predicted octanol–water partition coefficient (Wildman–Crippen LogP) is 5.15. The summed E-state index contributed by atoms with van der Waals surface area (Å²) in [6.45, 7) is 3.78. The average molecular weight is 407 g/mol. The van der Waals surface area contributed by atoms with Gasteiger partial charge in [0.2, 0.25) is 0 Å². The lowest BCUT2D eigenvalue weighted by Crippen LogP contribution is -2.36. The van der Waals surface area contributed by atoms with Crippen molar-refractivity contribution in [2.75, 3.05) is 6.54 Å². The summed E-state index contributed by atoms with van der Waals surface area (Å²) in [5, 5.41) is 12.0. The van der Waals surface area contributed by atoms with E-state index in [2.05, 4.69) is 16.8 Å². The number of nitrogens with zero attached hydrogens (tertiary/aromatic N) is 2. The van der Waals surface area contributed by atoms with Crippen LogP contribution in [0.2, 0.25) is 0 Å². The molecule has 3 heterocycles. The van der Waals surface area contributed by atoms with E-state index in [1.165, 1.54) is 17.8 Å². The van der Waals surface area contributed by atoms with Crippen LogP contribution in [-0.4, -0.2) is 27.6 Å². The van der Waals surface area contributed by atoms with E-state index >= 15 is 0 Å². The van der Waals surface area contributed by atoms with Crippen LogP contribution in [0.3, 0.4) is 0 Å². The van der Waals surface area contributed by atoms with Crippen LogP contribution in [0.4, 0.5) is 0 Å². The van der Waals surface area contributed by atoms with Gasteiger partial charge >= 0.3 is 5.63 Å². The second kappa shape index (κ2) is 7.28. The third kappa shape index (κ3) is 3.32. The molecule has 1 N–H and O–H groups in total. The van der Waals surface area contributed by atoms with E-state index in [0.717, 1.165) is 35.0 Å². The zero-order chi connectivity index (χ0) is 20.0. The number of rotatable bonds is 3. The molecule has 0 spiro atoms. The first-order valence-electron chi connectivity index (χ1n) is 9.99. The third-order valence-corrected chi connectivity index (χ3v) is 6.88. The molecular weight excluding hydrogens is 384 g/mol. The van der Waals surface area contributed by atoms with Crippen LogP contribution in [0, 0.1) is 0 Å². The fraction of sp³-hybridized carbons (Fsp3) is 0.304. The Labute approximate surface area is 172 Å². The summed E-state index contributed by atoms with van der Waals surface area (Å²) < 4.78 is 6.79. The van der Waals surface area contributed by atoms with Crippen LogP contribution in [0.1, 0.15) is 31.7 Å². The van der Waals surface area contributed by atoms with Crippen molar-refractivity contribution < 1.29 is 9.52 Å². The van der Waals surface area contributed by atoms with Gasteiger partial charge in [-0.05, 0) is 56.6 Å². The molecule has 1 atom stereocenters. The first-order valence-corrected chi connectivity index (χ1v) is 10.8. The smallest absolute Gasteiger partial charge is 0.346 e. The van der Waals surface area contributed by atoms with Gasteiger partial charge in [0, 0.05) is 18.0 Å². The van der Waals surface area contributed by atoms with Crippen LogP contribution in [-0.2, 0) is 6.54 Å². The minimum atomic E-state index is -0.421. The maximum atomic E-state index is 12.8. The molecule has 0 unspecified atom stereocenters. The number of hydrogen-bond acceptors (Lipinski definition) is 6. The molecule has 1 saturated heterocycles. The van der Waals surface area contributed by atoms with Gasteiger partial charge in [-0.15, -0.1) is 11.3 Å². The Morgan fingerprint density at radius 2 is 2.10 bits per heavy atom.